The summed E-state index contributed by atoms with van der Waals surface area (Å²) in [4.78, 5) is 0. The maximum atomic E-state index is 11.5. The van der Waals surface area contributed by atoms with Crippen LogP contribution in [0.25, 0.3) is 0 Å². The third-order valence-electron chi connectivity index (χ3n) is 2.54. The van der Waals surface area contributed by atoms with Crippen molar-refractivity contribution in [1.29, 1.82) is 0 Å². The molecule has 0 fully saturated rings. The molecule has 0 N–H and O–H groups in total. The summed E-state index contributed by atoms with van der Waals surface area (Å²) in [5, 5.41) is 0. The molecular weight excluding hydrogens is 247 g/mol. The number of hydrogen-bond donors (Lipinski definition) is 0. The zero-order valence-corrected chi connectivity index (χ0v) is 12.1. The molecule has 0 aliphatic carbocycles. The monoisotopic (exact) mass is 270 g/mol. The van der Waals surface area contributed by atoms with Gasteiger partial charge in [0.25, 0.3) is 0 Å². The van der Waals surface area contributed by atoms with E-state index in [2.05, 4.69) is 6.92 Å². The van der Waals surface area contributed by atoms with Crippen molar-refractivity contribution < 1.29 is 13.8 Å². The van der Waals surface area contributed by atoms with Crippen LogP contribution >= 0.6 is 8.03 Å². The molecule has 1 unspecified atom stereocenters. The van der Waals surface area contributed by atoms with Crippen LogP contribution in [0, 0.1) is 0 Å². The molecular formula is C14H23O3P. The van der Waals surface area contributed by atoms with Gasteiger partial charge in [-0.05, 0) is 18.4 Å². The molecule has 1 rings (SSSR count). The van der Waals surface area contributed by atoms with Crippen LogP contribution in [0.5, 0.6) is 0 Å². The molecule has 0 radical (unpaired) electrons. The van der Waals surface area contributed by atoms with Crippen LogP contribution in [0.3, 0.4) is 0 Å². The topological polar surface area (TPSA) is 35.5 Å². The molecule has 1 aromatic rings. The maximum absolute atomic E-state index is 11.5. The number of rotatable bonds is 10. The van der Waals surface area contributed by atoms with Gasteiger partial charge in [0.1, 0.15) is 0 Å². The van der Waals surface area contributed by atoms with E-state index in [0.29, 0.717) is 26.0 Å². The molecule has 1 atom stereocenters. The van der Waals surface area contributed by atoms with E-state index in [-0.39, 0.29) is 0 Å². The van der Waals surface area contributed by atoms with Gasteiger partial charge in [-0.3, -0.25) is 4.57 Å². The first-order valence-corrected chi connectivity index (χ1v) is 8.12. The van der Waals surface area contributed by atoms with Crippen molar-refractivity contribution in [1.82, 2.24) is 0 Å². The Morgan fingerprint density at radius 2 is 1.89 bits per heavy atom. The van der Waals surface area contributed by atoms with Crippen LogP contribution in [0.2, 0.25) is 0 Å². The van der Waals surface area contributed by atoms with E-state index >= 15 is 0 Å². The van der Waals surface area contributed by atoms with Crippen molar-refractivity contribution in [2.75, 3.05) is 19.4 Å². The number of unbranched alkanes of at least 4 members (excludes halogenated alkanes) is 1. The third-order valence-corrected chi connectivity index (χ3v) is 3.83. The van der Waals surface area contributed by atoms with Gasteiger partial charge in [-0.25, -0.2) is 0 Å². The molecule has 0 aliphatic rings. The van der Waals surface area contributed by atoms with Gasteiger partial charge < -0.3 is 9.26 Å². The van der Waals surface area contributed by atoms with E-state index in [0.717, 1.165) is 19.3 Å². The van der Waals surface area contributed by atoms with E-state index in [1.54, 1.807) is 0 Å². The Kier molecular flexibility index (Phi) is 8.83. The minimum absolute atomic E-state index is 0.623. The van der Waals surface area contributed by atoms with E-state index in [9.17, 15) is 4.57 Å². The lowest BCUT2D eigenvalue weighted by Crippen LogP contribution is -1.97. The average Bonchev–Trinajstić information content (AvgIpc) is 2.40. The third kappa shape index (κ3) is 7.65. The predicted molar refractivity (Wildman–Crippen MR) is 75.4 cm³/mol. The summed E-state index contributed by atoms with van der Waals surface area (Å²) in [6, 6.07) is 10.1. The first-order chi connectivity index (χ1) is 8.83. The Balaban J connectivity index is 1.97. The quantitative estimate of drug-likeness (QED) is 0.478. The van der Waals surface area contributed by atoms with Crippen LogP contribution in [0.15, 0.2) is 30.3 Å². The zero-order valence-electron chi connectivity index (χ0n) is 11.1. The predicted octanol–water partition coefficient (Wildman–Crippen LogP) is 3.88. The first-order valence-electron chi connectivity index (χ1n) is 6.60. The largest absolute Gasteiger partial charge is 0.377 e. The van der Waals surface area contributed by atoms with E-state index in [1.807, 2.05) is 30.3 Å². The van der Waals surface area contributed by atoms with Crippen molar-refractivity contribution in [2.24, 2.45) is 0 Å². The Morgan fingerprint density at radius 3 is 2.61 bits per heavy atom. The number of ether oxygens (including phenoxy) is 1. The van der Waals surface area contributed by atoms with Crippen LogP contribution in [-0.4, -0.2) is 19.4 Å². The fraction of sp³-hybridized carbons (Fsp3) is 0.571. The molecule has 0 saturated carbocycles. The molecule has 1 aromatic carbocycles. The van der Waals surface area contributed by atoms with Crippen LogP contribution in [0.4, 0.5) is 0 Å². The van der Waals surface area contributed by atoms with Gasteiger partial charge in [-0.2, -0.15) is 0 Å². The summed E-state index contributed by atoms with van der Waals surface area (Å²) in [5.74, 6) is 0. The van der Waals surface area contributed by atoms with Crippen molar-refractivity contribution in [3.05, 3.63) is 35.9 Å². The molecule has 0 spiro atoms. The smallest absolute Gasteiger partial charge is 0.191 e. The van der Waals surface area contributed by atoms with Crippen molar-refractivity contribution in [2.45, 2.75) is 32.8 Å². The minimum atomic E-state index is -1.84. The molecule has 102 valence electrons. The Morgan fingerprint density at radius 1 is 1.11 bits per heavy atom. The van der Waals surface area contributed by atoms with E-state index in [1.165, 1.54) is 5.56 Å². The van der Waals surface area contributed by atoms with Crippen molar-refractivity contribution in [3.63, 3.8) is 0 Å². The molecule has 0 heterocycles. The van der Waals surface area contributed by atoms with Crippen LogP contribution in [-0.2, 0) is 20.4 Å². The Labute approximate surface area is 110 Å². The van der Waals surface area contributed by atoms with Gasteiger partial charge in [0.15, 0.2) is 8.03 Å². The summed E-state index contributed by atoms with van der Waals surface area (Å²) >= 11 is 0. The molecule has 0 amide bonds. The SMILES string of the molecule is CCCCO[PH](=O)CCCOCc1ccccc1. The van der Waals surface area contributed by atoms with Gasteiger partial charge in [-0.15, -0.1) is 0 Å². The van der Waals surface area contributed by atoms with Crippen LogP contribution < -0.4 is 0 Å². The van der Waals surface area contributed by atoms with E-state index in [4.69, 9.17) is 9.26 Å². The fourth-order valence-corrected chi connectivity index (χ4v) is 2.43. The van der Waals surface area contributed by atoms with Crippen LogP contribution in [0.1, 0.15) is 31.7 Å². The molecule has 0 aliphatic heterocycles. The second kappa shape index (κ2) is 10.3. The molecule has 0 aromatic heterocycles. The summed E-state index contributed by atoms with van der Waals surface area (Å²) in [6.45, 7) is 3.98. The zero-order chi connectivity index (χ0) is 13.1. The highest BCUT2D eigenvalue weighted by molar-refractivity contribution is 7.39. The van der Waals surface area contributed by atoms with Gasteiger partial charge in [0.2, 0.25) is 0 Å². The second-order valence-corrected chi connectivity index (χ2v) is 5.75. The highest BCUT2D eigenvalue weighted by Crippen LogP contribution is 2.23. The molecule has 0 bridgehead atoms. The fourth-order valence-electron chi connectivity index (χ4n) is 1.49. The highest BCUT2D eigenvalue weighted by Gasteiger charge is 1.99. The lowest BCUT2D eigenvalue weighted by Gasteiger charge is -2.05. The van der Waals surface area contributed by atoms with Gasteiger partial charge in [0.05, 0.1) is 13.2 Å². The van der Waals surface area contributed by atoms with Gasteiger partial charge in [0, 0.05) is 12.8 Å². The highest BCUT2D eigenvalue weighted by atomic mass is 31.1. The first kappa shape index (κ1) is 15.4. The van der Waals surface area contributed by atoms with Crippen molar-refractivity contribution in [3.8, 4) is 0 Å². The molecule has 4 heteroatoms. The average molecular weight is 270 g/mol. The Hall–Kier alpha value is -0.630. The normalized spacial score (nSPS) is 12.5. The molecule has 18 heavy (non-hydrogen) atoms. The standard InChI is InChI=1S/C14H23O3P/c1-2-3-11-17-18(15)12-7-10-16-13-14-8-5-4-6-9-14/h4-6,8-9,18H,2-3,7,10-13H2,1H3. The van der Waals surface area contributed by atoms with Gasteiger partial charge in [-0.1, -0.05) is 43.7 Å². The number of benzene rings is 1. The molecule has 3 nitrogen and oxygen atoms in total. The summed E-state index contributed by atoms with van der Waals surface area (Å²) in [6.07, 6.45) is 3.50. The summed E-state index contributed by atoms with van der Waals surface area (Å²) in [5.41, 5.74) is 1.17. The molecule has 0 saturated heterocycles. The lowest BCUT2D eigenvalue weighted by atomic mass is 10.2. The lowest BCUT2D eigenvalue weighted by molar-refractivity contribution is 0.121. The van der Waals surface area contributed by atoms with Gasteiger partial charge >= 0.3 is 0 Å². The van der Waals surface area contributed by atoms with Crippen molar-refractivity contribution >= 4 is 8.03 Å². The second-order valence-electron chi connectivity index (χ2n) is 4.22. The summed E-state index contributed by atoms with van der Waals surface area (Å²) in [7, 11) is -1.84. The summed E-state index contributed by atoms with van der Waals surface area (Å²) < 4.78 is 22.2. The number of hydrogen-bond acceptors (Lipinski definition) is 3. The Bertz CT molecular complexity index is 327. The minimum Gasteiger partial charge on any atom is -0.377 e. The van der Waals surface area contributed by atoms with E-state index < -0.39 is 8.03 Å². The maximum Gasteiger partial charge on any atom is 0.191 e.